The van der Waals surface area contributed by atoms with E-state index >= 15 is 0 Å². The lowest BCUT2D eigenvalue weighted by molar-refractivity contribution is -0.120. The van der Waals surface area contributed by atoms with E-state index < -0.39 is 0 Å². The zero-order chi connectivity index (χ0) is 16.3. The minimum atomic E-state index is 0.00231. The number of nitrogens with one attached hydrogen (secondary N) is 1. The van der Waals surface area contributed by atoms with Crippen molar-refractivity contribution in [3.05, 3.63) is 16.8 Å². The van der Waals surface area contributed by atoms with Gasteiger partial charge in [-0.15, -0.1) is 5.10 Å². The van der Waals surface area contributed by atoms with Crippen LogP contribution in [0.4, 0.5) is 0 Å². The topological polar surface area (TPSA) is 95.1 Å². The van der Waals surface area contributed by atoms with Crippen LogP contribution in [0, 0.1) is 13.8 Å². The number of ether oxygens (including phenoxy) is 1. The number of rotatable bonds is 6. The normalized spacial score (nSPS) is 11.0. The Hall–Kier alpha value is -2.15. The summed E-state index contributed by atoms with van der Waals surface area (Å²) in [6.45, 7) is 4.93. The van der Waals surface area contributed by atoms with Crippen molar-refractivity contribution in [1.82, 2.24) is 20.1 Å². The smallest absolute Gasteiger partial charge is 0.242 e. The summed E-state index contributed by atoms with van der Waals surface area (Å²) in [7, 11) is 3.44. The summed E-state index contributed by atoms with van der Waals surface area (Å²) >= 11 is 0. The van der Waals surface area contributed by atoms with E-state index in [0.717, 1.165) is 27.9 Å². The molecule has 120 valence electrons. The molecule has 0 aliphatic heterocycles. The minimum Gasteiger partial charge on any atom is -0.479 e. The van der Waals surface area contributed by atoms with Crippen molar-refractivity contribution < 1.29 is 9.53 Å². The molecule has 2 aromatic heterocycles. The lowest BCUT2D eigenvalue weighted by Gasteiger charge is -2.11. The summed E-state index contributed by atoms with van der Waals surface area (Å²) in [4.78, 5) is 16.4. The molecule has 2 aromatic rings. The number of hydrogen-bond donors (Lipinski definition) is 2. The van der Waals surface area contributed by atoms with Gasteiger partial charge in [0.1, 0.15) is 0 Å². The van der Waals surface area contributed by atoms with Gasteiger partial charge in [-0.3, -0.25) is 4.79 Å². The van der Waals surface area contributed by atoms with E-state index in [1.807, 2.05) is 20.9 Å². The van der Waals surface area contributed by atoms with Crippen LogP contribution >= 0.6 is 0 Å². The Kier molecular flexibility index (Phi) is 4.97. The first-order valence-corrected chi connectivity index (χ1v) is 7.33. The first kappa shape index (κ1) is 16.2. The van der Waals surface area contributed by atoms with Crippen molar-refractivity contribution in [3.8, 4) is 5.88 Å². The average Bonchev–Trinajstić information content (AvgIpc) is 2.81. The molecule has 0 saturated carbocycles. The molecule has 7 heteroatoms. The lowest BCUT2D eigenvalue weighted by atomic mass is 10.00. The van der Waals surface area contributed by atoms with Gasteiger partial charge >= 0.3 is 0 Å². The second kappa shape index (κ2) is 6.74. The summed E-state index contributed by atoms with van der Waals surface area (Å²) in [5.41, 5.74) is 9.23. The molecular formula is C15H23N5O2. The van der Waals surface area contributed by atoms with Gasteiger partial charge in [0.05, 0.1) is 12.5 Å². The largest absolute Gasteiger partial charge is 0.479 e. The van der Waals surface area contributed by atoms with E-state index in [1.165, 1.54) is 0 Å². The highest BCUT2D eigenvalue weighted by atomic mass is 16.5. The van der Waals surface area contributed by atoms with Gasteiger partial charge in [0.2, 0.25) is 11.8 Å². The molecule has 2 heterocycles. The van der Waals surface area contributed by atoms with Crippen LogP contribution in [0.25, 0.3) is 11.0 Å². The summed E-state index contributed by atoms with van der Waals surface area (Å²) in [5, 5.41) is 8.02. The third-order valence-electron chi connectivity index (χ3n) is 3.78. The van der Waals surface area contributed by atoms with E-state index in [-0.39, 0.29) is 5.91 Å². The molecule has 2 rings (SSSR count). The Morgan fingerprint density at radius 2 is 2.14 bits per heavy atom. The SMILES string of the molecule is COc1nn(C)c2nc(C)c(CCC(=O)NCCN)c(C)c12. The van der Waals surface area contributed by atoms with Gasteiger partial charge in [-0.05, 0) is 31.4 Å². The second-order valence-corrected chi connectivity index (χ2v) is 5.27. The maximum atomic E-state index is 11.8. The number of fused-ring (bicyclic) bond motifs is 1. The molecular weight excluding hydrogens is 282 g/mol. The molecule has 3 N–H and O–H groups in total. The first-order valence-electron chi connectivity index (χ1n) is 7.33. The zero-order valence-corrected chi connectivity index (χ0v) is 13.6. The number of amides is 1. The quantitative estimate of drug-likeness (QED) is 0.815. The number of carbonyl (C=O) groups is 1. The molecule has 0 atom stereocenters. The number of hydrogen-bond acceptors (Lipinski definition) is 5. The van der Waals surface area contributed by atoms with Crippen LogP contribution in [-0.2, 0) is 18.3 Å². The summed E-state index contributed by atoms with van der Waals surface area (Å²) in [6, 6.07) is 0. The molecule has 0 aromatic carbocycles. The van der Waals surface area contributed by atoms with E-state index in [2.05, 4.69) is 15.4 Å². The van der Waals surface area contributed by atoms with Crippen molar-refractivity contribution in [2.45, 2.75) is 26.7 Å². The fraction of sp³-hybridized carbons (Fsp3) is 0.533. The standard InChI is InChI=1S/C15H23N5O2/c1-9-11(5-6-12(21)17-8-7-16)10(2)18-14-13(9)15(22-4)19-20(14)3/h5-8,16H2,1-4H3,(H,17,21). The fourth-order valence-electron chi connectivity index (χ4n) is 2.65. The minimum absolute atomic E-state index is 0.00231. The van der Waals surface area contributed by atoms with Crippen LogP contribution in [0.5, 0.6) is 5.88 Å². The maximum absolute atomic E-state index is 11.8. The lowest BCUT2D eigenvalue weighted by Crippen LogP contribution is -2.29. The van der Waals surface area contributed by atoms with Gasteiger partial charge in [-0.25, -0.2) is 9.67 Å². The van der Waals surface area contributed by atoms with Crippen molar-refractivity contribution in [1.29, 1.82) is 0 Å². The van der Waals surface area contributed by atoms with E-state index in [4.69, 9.17) is 10.5 Å². The highest BCUT2D eigenvalue weighted by molar-refractivity contribution is 5.86. The van der Waals surface area contributed by atoms with E-state index in [0.29, 0.717) is 31.8 Å². The Bertz CT molecular complexity index is 693. The highest BCUT2D eigenvalue weighted by Crippen LogP contribution is 2.30. The number of methoxy groups -OCH3 is 1. The van der Waals surface area contributed by atoms with Crippen molar-refractivity contribution in [2.24, 2.45) is 12.8 Å². The van der Waals surface area contributed by atoms with Gasteiger partial charge in [0.25, 0.3) is 0 Å². The molecule has 0 aliphatic rings. The predicted molar refractivity (Wildman–Crippen MR) is 84.9 cm³/mol. The van der Waals surface area contributed by atoms with Crippen LogP contribution in [0.2, 0.25) is 0 Å². The second-order valence-electron chi connectivity index (χ2n) is 5.27. The molecule has 0 radical (unpaired) electrons. The third kappa shape index (κ3) is 3.04. The van der Waals surface area contributed by atoms with Gasteiger partial charge in [-0.1, -0.05) is 0 Å². The van der Waals surface area contributed by atoms with Crippen LogP contribution in [-0.4, -0.2) is 40.9 Å². The van der Waals surface area contributed by atoms with Crippen LogP contribution < -0.4 is 15.8 Å². The van der Waals surface area contributed by atoms with Crippen molar-refractivity contribution in [3.63, 3.8) is 0 Å². The number of nitrogens with two attached hydrogens (primary N) is 1. The van der Waals surface area contributed by atoms with Crippen LogP contribution in [0.1, 0.15) is 23.2 Å². The van der Waals surface area contributed by atoms with E-state index in [9.17, 15) is 4.79 Å². The molecule has 7 nitrogen and oxygen atoms in total. The van der Waals surface area contributed by atoms with Gasteiger partial charge in [0, 0.05) is 32.3 Å². The number of carbonyl (C=O) groups excluding carboxylic acids is 1. The fourth-order valence-corrected chi connectivity index (χ4v) is 2.65. The molecule has 0 saturated heterocycles. The Labute approximate surface area is 129 Å². The zero-order valence-electron chi connectivity index (χ0n) is 13.6. The molecule has 0 aliphatic carbocycles. The number of pyridine rings is 1. The van der Waals surface area contributed by atoms with Gasteiger partial charge in [-0.2, -0.15) is 0 Å². The highest BCUT2D eigenvalue weighted by Gasteiger charge is 2.18. The average molecular weight is 305 g/mol. The van der Waals surface area contributed by atoms with Crippen LogP contribution in [0.15, 0.2) is 0 Å². The molecule has 1 amide bonds. The Morgan fingerprint density at radius 1 is 1.41 bits per heavy atom. The molecule has 0 unspecified atom stereocenters. The van der Waals surface area contributed by atoms with Gasteiger partial charge < -0.3 is 15.8 Å². The van der Waals surface area contributed by atoms with Crippen molar-refractivity contribution in [2.75, 3.05) is 20.2 Å². The monoisotopic (exact) mass is 305 g/mol. The predicted octanol–water partition coefficient (Wildman–Crippen LogP) is 0.601. The van der Waals surface area contributed by atoms with Crippen molar-refractivity contribution >= 4 is 16.9 Å². The Balaban J connectivity index is 2.32. The van der Waals surface area contributed by atoms with Crippen LogP contribution in [0.3, 0.4) is 0 Å². The molecule has 0 fully saturated rings. The third-order valence-corrected chi connectivity index (χ3v) is 3.78. The summed E-state index contributed by atoms with van der Waals surface area (Å²) in [5.74, 6) is 0.568. The number of aromatic nitrogens is 3. The molecule has 0 bridgehead atoms. The first-order chi connectivity index (χ1) is 10.5. The maximum Gasteiger partial charge on any atom is 0.242 e. The van der Waals surface area contributed by atoms with E-state index in [1.54, 1.807) is 11.8 Å². The number of aryl methyl sites for hydroxylation is 3. The Morgan fingerprint density at radius 3 is 2.77 bits per heavy atom. The molecule has 0 spiro atoms. The van der Waals surface area contributed by atoms with Gasteiger partial charge in [0.15, 0.2) is 5.65 Å². The summed E-state index contributed by atoms with van der Waals surface area (Å²) < 4.78 is 7.05. The summed E-state index contributed by atoms with van der Waals surface area (Å²) in [6.07, 6.45) is 1.05. The number of nitrogens with zero attached hydrogens (tertiary/aromatic N) is 3. The molecule has 22 heavy (non-hydrogen) atoms.